The molecule has 1 N–H and O–H groups in total. The zero-order valence-electron chi connectivity index (χ0n) is 11.6. The fraction of sp³-hybridized carbons (Fsp3) is 0.308. The first kappa shape index (κ1) is 15.4. The summed E-state index contributed by atoms with van der Waals surface area (Å²) in [5.74, 6) is -1.23. The Labute approximate surface area is 121 Å². The minimum atomic E-state index is -3.46. The molecule has 0 fully saturated rings. The van der Waals surface area contributed by atoms with Gasteiger partial charge in [-0.1, -0.05) is 6.92 Å². The highest BCUT2D eigenvalue weighted by molar-refractivity contribution is 7.92. The molecule has 0 amide bonds. The first-order chi connectivity index (χ1) is 9.82. The SMILES string of the molecule is CCCS(=O)(=O)Nc1cc(-c2ccc(F)cc2F)nn1C. The number of aryl methyl sites for hydroxylation is 1. The largest absolute Gasteiger partial charge is 0.268 e. The molecule has 114 valence electrons. The fourth-order valence-electron chi connectivity index (χ4n) is 1.87. The molecule has 0 spiro atoms. The normalized spacial score (nSPS) is 11.6. The lowest BCUT2D eigenvalue weighted by Crippen LogP contribution is -2.18. The minimum Gasteiger partial charge on any atom is -0.268 e. The van der Waals surface area contributed by atoms with Gasteiger partial charge >= 0.3 is 0 Å². The lowest BCUT2D eigenvalue weighted by Gasteiger charge is -2.05. The second-order valence-electron chi connectivity index (χ2n) is 4.58. The van der Waals surface area contributed by atoms with Crippen molar-refractivity contribution in [2.45, 2.75) is 13.3 Å². The Hall–Kier alpha value is -1.96. The third-order valence-corrected chi connectivity index (χ3v) is 4.29. The van der Waals surface area contributed by atoms with Gasteiger partial charge in [-0.2, -0.15) is 5.10 Å². The Morgan fingerprint density at radius 3 is 2.62 bits per heavy atom. The van der Waals surface area contributed by atoms with E-state index in [2.05, 4.69) is 9.82 Å². The van der Waals surface area contributed by atoms with Crippen LogP contribution < -0.4 is 4.72 Å². The summed E-state index contributed by atoms with van der Waals surface area (Å²) in [6, 6.07) is 4.54. The molecule has 0 atom stereocenters. The molecule has 0 aliphatic heterocycles. The molecule has 5 nitrogen and oxygen atoms in total. The summed E-state index contributed by atoms with van der Waals surface area (Å²) in [5, 5.41) is 4.04. The summed E-state index contributed by atoms with van der Waals surface area (Å²) in [6.45, 7) is 1.75. The van der Waals surface area contributed by atoms with Gasteiger partial charge in [-0.3, -0.25) is 9.40 Å². The second-order valence-corrected chi connectivity index (χ2v) is 6.43. The highest BCUT2D eigenvalue weighted by Gasteiger charge is 2.16. The van der Waals surface area contributed by atoms with Crippen molar-refractivity contribution < 1.29 is 17.2 Å². The zero-order chi connectivity index (χ0) is 15.6. The van der Waals surface area contributed by atoms with Gasteiger partial charge in [-0.05, 0) is 18.6 Å². The van der Waals surface area contributed by atoms with E-state index >= 15 is 0 Å². The van der Waals surface area contributed by atoms with Gasteiger partial charge in [0.1, 0.15) is 17.5 Å². The molecule has 0 aliphatic rings. The van der Waals surface area contributed by atoms with Gasteiger partial charge in [0.05, 0.1) is 11.4 Å². The second kappa shape index (κ2) is 5.80. The Bertz CT molecular complexity index is 757. The van der Waals surface area contributed by atoms with Crippen LogP contribution >= 0.6 is 0 Å². The van der Waals surface area contributed by atoms with E-state index in [1.165, 1.54) is 23.9 Å². The number of anilines is 1. The molecule has 0 radical (unpaired) electrons. The standard InChI is InChI=1S/C13H15F2N3O2S/c1-3-6-21(19,20)17-13-8-12(16-18(13)2)10-5-4-9(14)7-11(10)15/h4-5,7-8,17H,3,6H2,1-2H3. The maximum absolute atomic E-state index is 13.7. The predicted octanol–water partition coefficient (Wildman–Crippen LogP) is 2.52. The highest BCUT2D eigenvalue weighted by atomic mass is 32.2. The maximum Gasteiger partial charge on any atom is 0.233 e. The maximum atomic E-state index is 13.7. The summed E-state index contributed by atoms with van der Waals surface area (Å²) >= 11 is 0. The molecule has 1 heterocycles. The average molecular weight is 315 g/mol. The highest BCUT2D eigenvalue weighted by Crippen LogP contribution is 2.25. The molecule has 0 unspecified atom stereocenters. The molecule has 0 saturated heterocycles. The fourth-order valence-corrected chi connectivity index (χ4v) is 3.02. The van der Waals surface area contributed by atoms with Gasteiger partial charge in [0.2, 0.25) is 10.0 Å². The van der Waals surface area contributed by atoms with Crippen LogP contribution in [0.25, 0.3) is 11.3 Å². The van der Waals surface area contributed by atoms with Crippen LogP contribution in [0.3, 0.4) is 0 Å². The van der Waals surface area contributed by atoms with Gasteiger partial charge in [0.25, 0.3) is 0 Å². The zero-order valence-corrected chi connectivity index (χ0v) is 12.4. The van der Waals surface area contributed by atoms with Crippen LogP contribution in [0.1, 0.15) is 13.3 Å². The molecule has 2 rings (SSSR count). The van der Waals surface area contributed by atoms with E-state index in [0.717, 1.165) is 12.1 Å². The number of nitrogens with one attached hydrogen (secondary N) is 1. The smallest absolute Gasteiger partial charge is 0.233 e. The van der Waals surface area contributed by atoms with Crippen LogP contribution in [0, 0.1) is 11.6 Å². The van der Waals surface area contributed by atoms with E-state index in [0.29, 0.717) is 6.42 Å². The van der Waals surface area contributed by atoms with Crippen LogP contribution in [0.5, 0.6) is 0 Å². The molecule has 1 aromatic heterocycles. The van der Waals surface area contributed by atoms with Crippen molar-refractivity contribution in [2.24, 2.45) is 7.05 Å². The average Bonchev–Trinajstić information content (AvgIpc) is 2.69. The first-order valence-electron chi connectivity index (χ1n) is 6.32. The number of hydrogen-bond donors (Lipinski definition) is 1. The number of benzene rings is 1. The summed E-state index contributed by atoms with van der Waals surface area (Å²) < 4.78 is 53.8. The molecule has 0 aliphatic carbocycles. The summed E-state index contributed by atoms with van der Waals surface area (Å²) in [6.07, 6.45) is 0.479. The van der Waals surface area contributed by atoms with E-state index in [4.69, 9.17) is 0 Å². The van der Waals surface area contributed by atoms with Crippen molar-refractivity contribution in [3.8, 4) is 11.3 Å². The van der Waals surface area contributed by atoms with Gasteiger partial charge in [0.15, 0.2) is 0 Å². The van der Waals surface area contributed by atoms with Gasteiger partial charge < -0.3 is 0 Å². The number of halogens is 2. The van der Waals surface area contributed by atoms with E-state index in [1.807, 2.05) is 0 Å². The van der Waals surface area contributed by atoms with E-state index in [1.54, 1.807) is 6.92 Å². The van der Waals surface area contributed by atoms with E-state index in [-0.39, 0.29) is 22.8 Å². The number of nitrogens with zero attached hydrogens (tertiary/aromatic N) is 2. The number of rotatable bonds is 5. The molecular formula is C13H15F2N3O2S. The lowest BCUT2D eigenvalue weighted by molar-refractivity contribution is 0.585. The third-order valence-electron chi connectivity index (χ3n) is 2.82. The van der Waals surface area contributed by atoms with Crippen molar-refractivity contribution in [2.75, 3.05) is 10.5 Å². The Morgan fingerprint density at radius 2 is 2.00 bits per heavy atom. The van der Waals surface area contributed by atoms with Crippen molar-refractivity contribution in [1.82, 2.24) is 9.78 Å². The monoisotopic (exact) mass is 315 g/mol. The van der Waals surface area contributed by atoms with Crippen LogP contribution in [0.4, 0.5) is 14.6 Å². The van der Waals surface area contributed by atoms with Crippen molar-refractivity contribution in [1.29, 1.82) is 0 Å². The minimum absolute atomic E-state index is 0.0155. The molecule has 0 saturated carbocycles. The molecule has 21 heavy (non-hydrogen) atoms. The van der Waals surface area contributed by atoms with Gasteiger partial charge in [-0.15, -0.1) is 0 Å². The summed E-state index contributed by atoms with van der Waals surface area (Å²) in [4.78, 5) is 0. The van der Waals surface area contributed by atoms with Gasteiger partial charge in [-0.25, -0.2) is 17.2 Å². The number of sulfonamides is 1. The molecule has 2 aromatic rings. The van der Waals surface area contributed by atoms with Crippen LogP contribution in [-0.2, 0) is 17.1 Å². The third kappa shape index (κ3) is 3.57. The Kier molecular flexibility index (Phi) is 4.26. The van der Waals surface area contributed by atoms with Crippen LogP contribution in [0.15, 0.2) is 24.3 Å². The first-order valence-corrected chi connectivity index (χ1v) is 7.97. The van der Waals surface area contributed by atoms with Crippen molar-refractivity contribution in [3.63, 3.8) is 0 Å². The van der Waals surface area contributed by atoms with Crippen LogP contribution in [-0.4, -0.2) is 24.0 Å². The van der Waals surface area contributed by atoms with Gasteiger partial charge in [0, 0.05) is 24.7 Å². The quantitative estimate of drug-likeness (QED) is 0.922. The Morgan fingerprint density at radius 1 is 1.29 bits per heavy atom. The van der Waals surface area contributed by atoms with E-state index in [9.17, 15) is 17.2 Å². The summed E-state index contributed by atoms with van der Waals surface area (Å²) in [5.41, 5.74) is 0.331. The topological polar surface area (TPSA) is 64.0 Å². The number of hydrogen-bond acceptors (Lipinski definition) is 3. The lowest BCUT2D eigenvalue weighted by atomic mass is 10.1. The molecule has 1 aromatic carbocycles. The molecular weight excluding hydrogens is 300 g/mol. The number of aromatic nitrogens is 2. The molecule has 8 heteroatoms. The summed E-state index contributed by atoms with van der Waals surface area (Å²) in [7, 11) is -1.92. The van der Waals surface area contributed by atoms with Crippen molar-refractivity contribution in [3.05, 3.63) is 35.9 Å². The Balaban J connectivity index is 2.35. The molecule has 0 bridgehead atoms. The van der Waals surface area contributed by atoms with Crippen LogP contribution in [0.2, 0.25) is 0 Å². The van der Waals surface area contributed by atoms with Crippen molar-refractivity contribution >= 4 is 15.8 Å². The van der Waals surface area contributed by atoms with E-state index < -0.39 is 21.7 Å². The predicted molar refractivity (Wildman–Crippen MR) is 76.3 cm³/mol.